The first-order valence-corrected chi connectivity index (χ1v) is 7.23. The molecule has 0 spiro atoms. The van der Waals surface area contributed by atoms with Gasteiger partial charge in [-0.3, -0.25) is 4.79 Å². The highest BCUT2D eigenvalue weighted by atomic mass is 79.9. The molecule has 1 amide bonds. The molecule has 0 unspecified atom stereocenters. The lowest BCUT2D eigenvalue weighted by Gasteiger charge is -2.10. The van der Waals surface area contributed by atoms with Crippen molar-refractivity contribution in [3.05, 3.63) is 63.1 Å². The molecule has 0 atom stereocenters. The number of anilines is 1. The van der Waals surface area contributed by atoms with Crippen LogP contribution in [0.15, 0.2) is 46.9 Å². The Bertz CT molecular complexity index is 616. The molecule has 2 aromatic carbocycles. The molecule has 1 N–H and O–H groups in total. The van der Waals surface area contributed by atoms with Crippen LogP contribution < -0.4 is 5.32 Å². The Morgan fingerprint density at radius 1 is 1.16 bits per heavy atom. The standard InChI is InChI=1S/C14H10BrCl2NO/c15-11-6-3-5-10(13(11)17)14(19)18-12-7-2-1-4-9(12)8-16/h1-7H,8H2,(H,18,19). The van der Waals surface area contributed by atoms with E-state index in [-0.39, 0.29) is 5.91 Å². The fourth-order valence-electron chi connectivity index (χ4n) is 1.63. The number of hydrogen-bond donors (Lipinski definition) is 1. The maximum atomic E-state index is 12.2. The van der Waals surface area contributed by atoms with Crippen molar-refractivity contribution in [2.75, 3.05) is 5.32 Å². The molecule has 0 aromatic heterocycles. The molecule has 0 fully saturated rings. The summed E-state index contributed by atoms with van der Waals surface area (Å²) in [6, 6.07) is 12.6. The number of rotatable bonds is 3. The van der Waals surface area contributed by atoms with Crippen LogP contribution in [0.25, 0.3) is 0 Å². The Hall–Kier alpha value is -1.03. The van der Waals surface area contributed by atoms with E-state index in [1.54, 1.807) is 18.2 Å². The summed E-state index contributed by atoms with van der Waals surface area (Å²) >= 11 is 15.2. The molecule has 2 rings (SSSR count). The number of carbonyl (C=O) groups excluding carboxylic acids is 1. The van der Waals surface area contributed by atoms with Crippen molar-refractivity contribution in [1.82, 2.24) is 0 Å². The zero-order valence-corrected chi connectivity index (χ0v) is 12.9. The predicted octanol–water partition coefficient (Wildman–Crippen LogP) is 5.09. The highest BCUT2D eigenvalue weighted by molar-refractivity contribution is 9.10. The van der Waals surface area contributed by atoms with Gasteiger partial charge in [-0.1, -0.05) is 35.9 Å². The summed E-state index contributed by atoms with van der Waals surface area (Å²) in [5.41, 5.74) is 1.97. The summed E-state index contributed by atoms with van der Waals surface area (Å²) in [7, 11) is 0. The van der Waals surface area contributed by atoms with Crippen LogP contribution in [0.4, 0.5) is 5.69 Å². The van der Waals surface area contributed by atoms with Crippen molar-refractivity contribution >= 4 is 50.7 Å². The van der Waals surface area contributed by atoms with Gasteiger partial charge < -0.3 is 5.32 Å². The van der Waals surface area contributed by atoms with Gasteiger partial charge in [0.1, 0.15) is 0 Å². The van der Waals surface area contributed by atoms with E-state index in [0.29, 0.717) is 26.6 Å². The highest BCUT2D eigenvalue weighted by Crippen LogP contribution is 2.27. The van der Waals surface area contributed by atoms with Crippen molar-refractivity contribution in [3.63, 3.8) is 0 Å². The second-order valence-electron chi connectivity index (χ2n) is 3.85. The molecular formula is C14H10BrCl2NO. The van der Waals surface area contributed by atoms with Gasteiger partial charge in [-0.05, 0) is 39.7 Å². The fraction of sp³-hybridized carbons (Fsp3) is 0.0714. The van der Waals surface area contributed by atoms with E-state index in [9.17, 15) is 4.79 Å². The quantitative estimate of drug-likeness (QED) is 0.760. The first kappa shape index (κ1) is 14.4. The van der Waals surface area contributed by atoms with Gasteiger partial charge in [-0.2, -0.15) is 0 Å². The van der Waals surface area contributed by atoms with Gasteiger partial charge in [0.2, 0.25) is 0 Å². The van der Waals surface area contributed by atoms with Gasteiger partial charge in [-0.25, -0.2) is 0 Å². The lowest BCUT2D eigenvalue weighted by Crippen LogP contribution is -2.13. The van der Waals surface area contributed by atoms with E-state index >= 15 is 0 Å². The Kier molecular flexibility index (Phi) is 4.86. The number of para-hydroxylation sites is 1. The molecule has 0 saturated heterocycles. The molecule has 5 heteroatoms. The van der Waals surface area contributed by atoms with Crippen molar-refractivity contribution < 1.29 is 4.79 Å². The normalized spacial score (nSPS) is 10.3. The SMILES string of the molecule is O=C(Nc1ccccc1CCl)c1cccc(Br)c1Cl. The third-order valence-electron chi connectivity index (χ3n) is 2.61. The van der Waals surface area contributed by atoms with Gasteiger partial charge in [0.05, 0.1) is 10.6 Å². The lowest BCUT2D eigenvalue weighted by molar-refractivity contribution is 0.102. The number of amides is 1. The summed E-state index contributed by atoms with van der Waals surface area (Å²) in [5.74, 6) is 0.0757. The van der Waals surface area contributed by atoms with E-state index in [1.165, 1.54) is 0 Å². The number of hydrogen-bond acceptors (Lipinski definition) is 1. The van der Waals surface area contributed by atoms with Crippen molar-refractivity contribution in [2.45, 2.75) is 5.88 Å². The summed E-state index contributed by atoms with van der Waals surface area (Å²) in [5, 5.41) is 3.21. The molecule has 0 bridgehead atoms. The van der Waals surface area contributed by atoms with E-state index in [4.69, 9.17) is 23.2 Å². The molecule has 0 aliphatic heterocycles. The fourth-order valence-corrected chi connectivity index (χ4v) is 2.44. The summed E-state index contributed by atoms with van der Waals surface area (Å²) in [6.45, 7) is 0. The van der Waals surface area contributed by atoms with Crippen LogP contribution in [-0.2, 0) is 5.88 Å². The van der Waals surface area contributed by atoms with Crippen LogP contribution in [0.2, 0.25) is 5.02 Å². The molecule has 2 nitrogen and oxygen atoms in total. The minimum atomic E-state index is -0.260. The van der Waals surface area contributed by atoms with Crippen molar-refractivity contribution in [2.24, 2.45) is 0 Å². The topological polar surface area (TPSA) is 29.1 Å². The number of benzene rings is 2. The molecule has 0 radical (unpaired) electrons. The average Bonchev–Trinajstić information content (AvgIpc) is 2.42. The maximum absolute atomic E-state index is 12.2. The monoisotopic (exact) mass is 357 g/mol. The van der Waals surface area contributed by atoms with Crippen LogP contribution in [0, 0.1) is 0 Å². The zero-order chi connectivity index (χ0) is 13.8. The van der Waals surface area contributed by atoms with Gasteiger partial charge in [-0.15, -0.1) is 11.6 Å². The second kappa shape index (κ2) is 6.42. The van der Waals surface area contributed by atoms with Gasteiger partial charge >= 0.3 is 0 Å². The van der Waals surface area contributed by atoms with Crippen LogP contribution in [0.3, 0.4) is 0 Å². The minimum Gasteiger partial charge on any atom is -0.322 e. The highest BCUT2D eigenvalue weighted by Gasteiger charge is 2.13. The van der Waals surface area contributed by atoms with Gasteiger partial charge in [0.25, 0.3) is 5.91 Å². The predicted molar refractivity (Wildman–Crippen MR) is 83.1 cm³/mol. The van der Waals surface area contributed by atoms with Crippen LogP contribution in [-0.4, -0.2) is 5.91 Å². The molecule has 19 heavy (non-hydrogen) atoms. The first-order chi connectivity index (χ1) is 9.13. The number of halogens is 3. The number of carbonyl (C=O) groups is 1. The average molecular weight is 359 g/mol. The van der Waals surface area contributed by atoms with Crippen LogP contribution in [0.5, 0.6) is 0 Å². The first-order valence-electron chi connectivity index (χ1n) is 5.52. The smallest absolute Gasteiger partial charge is 0.257 e. The molecule has 98 valence electrons. The molecule has 0 saturated carbocycles. The van der Waals surface area contributed by atoms with Crippen molar-refractivity contribution in [3.8, 4) is 0 Å². The number of alkyl halides is 1. The summed E-state index contributed by atoms with van der Waals surface area (Å²) in [6.07, 6.45) is 0. The Labute approximate surface area is 129 Å². The third kappa shape index (κ3) is 3.30. The Morgan fingerprint density at radius 3 is 2.63 bits per heavy atom. The van der Waals surface area contributed by atoms with Crippen LogP contribution in [0.1, 0.15) is 15.9 Å². The minimum absolute atomic E-state index is 0.260. The molecular weight excluding hydrogens is 349 g/mol. The molecule has 0 aliphatic carbocycles. The maximum Gasteiger partial charge on any atom is 0.257 e. The summed E-state index contributed by atoms with van der Waals surface area (Å²) in [4.78, 5) is 12.2. The molecule has 0 aliphatic rings. The lowest BCUT2D eigenvalue weighted by atomic mass is 10.1. The van der Waals surface area contributed by atoms with Gasteiger partial charge in [0, 0.05) is 16.0 Å². The van der Waals surface area contributed by atoms with E-state index in [1.807, 2.05) is 24.3 Å². The summed E-state index contributed by atoms with van der Waals surface area (Å²) < 4.78 is 0.687. The largest absolute Gasteiger partial charge is 0.322 e. The van der Waals surface area contributed by atoms with Crippen molar-refractivity contribution in [1.29, 1.82) is 0 Å². The molecule has 2 aromatic rings. The Morgan fingerprint density at radius 2 is 1.89 bits per heavy atom. The van der Waals surface area contributed by atoms with E-state index < -0.39 is 0 Å². The molecule has 0 heterocycles. The van der Waals surface area contributed by atoms with E-state index in [0.717, 1.165) is 5.56 Å². The Balaban J connectivity index is 2.28. The van der Waals surface area contributed by atoms with E-state index in [2.05, 4.69) is 21.2 Å². The third-order valence-corrected chi connectivity index (χ3v) is 4.19. The van der Waals surface area contributed by atoms with Gasteiger partial charge in [0.15, 0.2) is 0 Å². The number of nitrogens with one attached hydrogen (secondary N) is 1. The second-order valence-corrected chi connectivity index (χ2v) is 5.35. The zero-order valence-electron chi connectivity index (χ0n) is 9.79. The van der Waals surface area contributed by atoms with Crippen LogP contribution >= 0.6 is 39.1 Å².